The Balaban J connectivity index is 3.14. The Bertz CT molecular complexity index is 427. The molecule has 0 N–H and O–H groups in total. The lowest BCUT2D eigenvalue weighted by atomic mass is 10.1. The summed E-state index contributed by atoms with van der Waals surface area (Å²) in [7, 11) is 0. The van der Waals surface area contributed by atoms with E-state index in [0.29, 0.717) is 0 Å². The van der Waals surface area contributed by atoms with Crippen LogP contribution in [0.25, 0.3) is 0 Å². The molecule has 0 saturated carbocycles. The van der Waals surface area contributed by atoms with Crippen molar-refractivity contribution in [2.24, 2.45) is 0 Å². The molecule has 1 rings (SSSR count). The number of benzene rings is 1. The van der Waals surface area contributed by atoms with Crippen molar-refractivity contribution in [3.05, 3.63) is 33.8 Å². The molecule has 0 fully saturated rings. The number of alkyl halides is 3. The first-order valence-corrected chi connectivity index (χ1v) is 4.75. The predicted molar refractivity (Wildman–Crippen MR) is 49.1 cm³/mol. The quantitative estimate of drug-likeness (QED) is 0.460. The van der Waals surface area contributed by atoms with Crippen molar-refractivity contribution < 1.29 is 26.7 Å². The van der Waals surface area contributed by atoms with Crippen molar-refractivity contribution in [3.8, 4) is 0 Å². The summed E-state index contributed by atoms with van der Waals surface area (Å²) in [6.07, 6.45) is -6.68. The standard InChI is InChI=1S/C9H4BrF5O/c10-4-1-2-5(11)7(8(4)12)6(16)3-9(13,14)15/h1-2H,3H2. The van der Waals surface area contributed by atoms with Crippen LogP contribution >= 0.6 is 15.9 Å². The van der Waals surface area contributed by atoms with Gasteiger partial charge in [0.25, 0.3) is 0 Å². The minimum atomic E-state index is -4.79. The topological polar surface area (TPSA) is 17.1 Å². The van der Waals surface area contributed by atoms with Crippen LogP contribution < -0.4 is 0 Å². The Morgan fingerprint density at radius 1 is 1.25 bits per heavy atom. The van der Waals surface area contributed by atoms with Crippen LogP contribution in [0.15, 0.2) is 16.6 Å². The van der Waals surface area contributed by atoms with E-state index in [1.165, 1.54) is 0 Å². The van der Waals surface area contributed by atoms with Crippen molar-refractivity contribution in [3.63, 3.8) is 0 Å². The maximum atomic E-state index is 13.2. The molecule has 0 aromatic heterocycles. The minimum Gasteiger partial charge on any atom is -0.294 e. The molecule has 16 heavy (non-hydrogen) atoms. The molecule has 0 radical (unpaired) electrons. The molecule has 0 unspecified atom stereocenters. The number of Topliss-reactive ketones (excluding diaryl/α,β-unsaturated/α-hetero) is 1. The van der Waals surface area contributed by atoms with Gasteiger partial charge in [0.05, 0.1) is 10.0 Å². The number of carbonyl (C=O) groups excluding carboxylic acids is 1. The van der Waals surface area contributed by atoms with Gasteiger partial charge in [0.2, 0.25) is 0 Å². The normalized spacial score (nSPS) is 11.6. The molecule has 0 aliphatic rings. The fourth-order valence-electron chi connectivity index (χ4n) is 1.05. The first-order chi connectivity index (χ1) is 7.22. The second-order valence-corrected chi connectivity index (χ2v) is 3.79. The molecule has 88 valence electrons. The maximum absolute atomic E-state index is 13.2. The minimum absolute atomic E-state index is 0.264. The first kappa shape index (κ1) is 13.1. The summed E-state index contributed by atoms with van der Waals surface area (Å²) >= 11 is 2.65. The first-order valence-electron chi connectivity index (χ1n) is 3.96. The van der Waals surface area contributed by atoms with Crippen LogP contribution in [0, 0.1) is 11.6 Å². The smallest absolute Gasteiger partial charge is 0.294 e. The highest BCUT2D eigenvalue weighted by Crippen LogP contribution is 2.27. The molecular weight excluding hydrogens is 299 g/mol. The van der Waals surface area contributed by atoms with E-state index in [9.17, 15) is 26.7 Å². The van der Waals surface area contributed by atoms with Gasteiger partial charge >= 0.3 is 6.18 Å². The Kier molecular flexibility index (Phi) is 3.67. The number of hydrogen-bond donors (Lipinski definition) is 0. The third-order valence-electron chi connectivity index (χ3n) is 1.68. The highest BCUT2D eigenvalue weighted by Gasteiger charge is 2.34. The zero-order valence-electron chi connectivity index (χ0n) is 7.54. The molecule has 0 spiro atoms. The summed E-state index contributed by atoms with van der Waals surface area (Å²) in [5.74, 6) is -4.27. The van der Waals surface area contributed by atoms with Crippen molar-refractivity contribution >= 4 is 21.7 Å². The van der Waals surface area contributed by atoms with E-state index in [2.05, 4.69) is 15.9 Å². The third kappa shape index (κ3) is 3.01. The Hall–Kier alpha value is -0.980. The summed E-state index contributed by atoms with van der Waals surface area (Å²) in [6.45, 7) is 0. The lowest BCUT2D eigenvalue weighted by Crippen LogP contribution is -2.17. The van der Waals surface area contributed by atoms with Crippen molar-refractivity contribution in [2.45, 2.75) is 12.6 Å². The second kappa shape index (κ2) is 4.48. The SMILES string of the molecule is O=C(CC(F)(F)F)c1c(F)ccc(Br)c1F. The molecule has 1 nitrogen and oxygen atoms in total. The summed E-state index contributed by atoms with van der Waals surface area (Å²) in [5, 5.41) is 0. The molecule has 7 heteroatoms. The van der Waals surface area contributed by atoms with Gasteiger partial charge in [-0.2, -0.15) is 13.2 Å². The van der Waals surface area contributed by atoms with Crippen molar-refractivity contribution in [1.82, 2.24) is 0 Å². The van der Waals surface area contributed by atoms with E-state index >= 15 is 0 Å². The van der Waals surface area contributed by atoms with E-state index in [-0.39, 0.29) is 4.47 Å². The van der Waals surface area contributed by atoms with Crippen molar-refractivity contribution in [2.75, 3.05) is 0 Å². The average molecular weight is 303 g/mol. The van der Waals surface area contributed by atoms with E-state index in [4.69, 9.17) is 0 Å². The van der Waals surface area contributed by atoms with E-state index in [0.717, 1.165) is 12.1 Å². The van der Waals surface area contributed by atoms with E-state index in [1.54, 1.807) is 0 Å². The van der Waals surface area contributed by atoms with Crippen LogP contribution in [0.5, 0.6) is 0 Å². The fourth-order valence-corrected chi connectivity index (χ4v) is 1.38. The molecule has 0 aliphatic heterocycles. The van der Waals surface area contributed by atoms with Gasteiger partial charge in [-0.25, -0.2) is 8.78 Å². The summed E-state index contributed by atoms with van der Waals surface area (Å²) in [6, 6.07) is 1.69. The largest absolute Gasteiger partial charge is 0.396 e. The van der Waals surface area contributed by atoms with Crippen LogP contribution in [-0.4, -0.2) is 12.0 Å². The van der Waals surface area contributed by atoms with Crippen LogP contribution in [0.3, 0.4) is 0 Å². The number of rotatable bonds is 2. The van der Waals surface area contributed by atoms with Gasteiger partial charge in [0, 0.05) is 0 Å². The van der Waals surface area contributed by atoms with Gasteiger partial charge < -0.3 is 0 Å². The van der Waals surface area contributed by atoms with E-state index in [1.807, 2.05) is 0 Å². The molecule has 0 heterocycles. The maximum Gasteiger partial charge on any atom is 0.396 e. The fraction of sp³-hybridized carbons (Fsp3) is 0.222. The lowest BCUT2D eigenvalue weighted by Gasteiger charge is -2.07. The Morgan fingerprint density at radius 2 is 1.81 bits per heavy atom. The van der Waals surface area contributed by atoms with Crippen LogP contribution in [0.4, 0.5) is 22.0 Å². The second-order valence-electron chi connectivity index (χ2n) is 2.93. The molecule has 0 aliphatic carbocycles. The highest BCUT2D eigenvalue weighted by atomic mass is 79.9. The van der Waals surface area contributed by atoms with Gasteiger partial charge in [-0.1, -0.05) is 0 Å². The van der Waals surface area contributed by atoms with E-state index < -0.39 is 35.6 Å². The number of carbonyl (C=O) groups is 1. The van der Waals surface area contributed by atoms with Crippen LogP contribution in [0.2, 0.25) is 0 Å². The molecule has 0 bridgehead atoms. The number of hydrogen-bond acceptors (Lipinski definition) is 1. The number of halogens is 6. The van der Waals surface area contributed by atoms with Gasteiger partial charge in [-0.15, -0.1) is 0 Å². The Morgan fingerprint density at radius 3 is 2.31 bits per heavy atom. The van der Waals surface area contributed by atoms with Gasteiger partial charge in [0.1, 0.15) is 12.2 Å². The molecule has 0 amide bonds. The van der Waals surface area contributed by atoms with Crippen molar-refractivity contribution in [1.29, 1.82) is 0 Å². The molecule has 0 saturated heterocycles. The highest BCUT2D eigenvalue weighted by molar-refractivity contribution is 9.10. The van der Waals surface area contributed by atoms with Crippen LogP contribution in [0.1, 0.15) is 16.8 Å². The van der Waals surface area contributed by atoms with Gasteiger partial charge in [-0.3, -0.25) is 4.79 Å². The Labute approximate surface area is 95.4 Å². The van der Waals surface area contributed by atoms with Crippen LogP contribution in [-0.2, 0) is 0 Å². The third-order valence-corrected chi connectivity index (χ3v) is 2.30. The summed E-state index contributed by atoms with van der Waals surface area (Å²) in [5.41, 5.74) is -1.17. The molecule has 0 atom stereocenters. The average Bonchev–Trinajstić information content (AvgIpc) is 2.09. The summed E-state index contributed by atoms with van der Waals surface area (Å²) < 4.78 is 61.6. The lowest BCUT2D eigenvalue weighted by molar-refractivity contribution is -0.125. The zero-order valence-corrected chi connectivity index (χ0v) is 9.12. The monoisotopic (exact) mass is 302 g/mol. The molecule has 1 aromatic carbocycles. The van der Waals surface area contributed by atoms with Gasteiger partial charge in [0.15, 0.2) is 11.6 Å². The zero-order chi connectivity index (χ0) is 12.5. The molecular formula is C9H4BrF5O. The number of ketones is 1. The predicted octanol–water partition coefficient (Wildman–Crippen LogP) is 3.86. The van der Waals surface area contributed by atoms with Gasteiger partial charge in [-0.05, 0) is 28.1 Å². The summed E-state index contributed by atoms with van der Waals surface area (Å²) in [4.78, 5) is 11.0. The molecule has 1 aromatic rings.